The Bertz CT molecular complexity index is 667. The Hall–Kier alpha value is -1.69. The molecule has 2 aromatic heterocycles. The Kier molecular flexibility index (Phi) is 4.53. The molecule has 0 saturated heterocycles. The van der Waals surface area contributed by atoms with Crippen LogP contribution in [0, 0.1) is 0 Å². The fourth-order valence-corrected chi connectivity index (χ4v) is 3.17. The maximum Gasteiger partial charge on any atom is 0.153 e. The highest BCUT2D eigenvalue weighted by Gasteiger charge is 2.22. The molecule has 6 nitrogen and oxygen atoms in total. The first-order valence-electron chi connectivity index (χ1n) is 8.63. The third-order valence-electron chi connectivity index (χ3n) is 4.46. The van der Waals surface area contributed by atoms with E-state index in [1.165, 1.54) is 11.3 Å². The van der Waals surface area contributed by atoms with E-state index in [2.05, 4.69) is 59.1 Å². The summed E-state index contributed by atoms with van der Waals surface area (Å²) in [4.78, 5) is 4.65. The van der Waals surface area contributed by atoms with Crippen LogP contribution in [0.5, 0.6) is 0 Å². The molecule has 0 radical (unpaired) electrons. The molecule has 3 heterocycles. The van der Waals surface area contributed by atoms with Crippen molar-refractivity contribution in [1.82, 2.24) is 29.9 Å². The van der Waals surface area contributed by atoms with Crippen molar-refractivity contribution in [3.05, 3.63) is 29.1 Å². The van der Waals surface area contributed by atoms with E-state index in [1.807, 2.05) is 11.7 Å². The van der Waals surface area contributed by atoms with Gasteiger partial charge in [-0.25, -0.2) is 9.67 Å². The lowest BCUT2D eigenvalue weighted by Crippen LogP contribution is -2.37. The molecule has 0 aromatic carbocycles. The second kappa shape index (κ2) is 6.43. The van der Waals surface area contributed by atoms with Gasteiger partial charge in [-0.3, -0.25) is 4.68 Å². The summed E-state index contributed by atoms with van der Waals surface area (Å²) in [6.07, 6.45) is 4.25. The van der Waals surface area contributed by atoms with E-state index in [0.29, 0.717) is 17.9 Å². The number of aryl methyl sites for hydroxylation is 2. The third-order valence-corrected chi connectivity index (χ3v) is 4.46. The Morgan fingerprint density at radius 1 is 1.22 bits per heavy atom. The maximum absolute atomic E-state index is 4.65. The SMILES string of the molecule is CC(C)c1nc2n(n1)CC(NCc1cn(C)nc1C(C)C)CC2. The summed E-state index contributed by atoms with van der Waals surface area (Å²) in [5, 5.41) is 12.9. The second-order valence-electron chi connectivity index (χ2n) is 7.21. The van der Waals surface area contributed by atoms with Gasteiger partial charge in [0.1, 0.15) is 5.82 Å². The molecule has 3 rings (SSSR count). The quantitative estimate of drug-likeness (QED) is 0.920. The Balaban J connectivity index is 1.64. The van der Waals surface area contributed by atoms with Gasteiger partial charge in [-0.15, -0.1) is 0 Å². The number of hydrogen-bond donors (Lipinski definition) is 1. The van der Waals surface area contributed by atoms with Gasteiger partial charge >= 0.3 is 0 Å². The number of aromatic nitrogens is 5. The molecule has 0 bridgehead atoms. The zero-order valence-corrected chi connectivity index (χ0v) is 14.9. The van der Waals surface area contributed by atoms with Crippen LogP contribution in [0.4, 0.5) is 0 Å². The lowest BCUT2D eigenvalue weighted by atomic mass is 10.0. The molecule has 0 spiro atoms. The number of hydrogen-bond acceptors (Lipinski definition) is 4. The summed E-state index contributed by atoms with van der Waals surface area (Å²) in [7, 11) is 1.99. The van der Waals surface area contributed by atoms with E-state index in [-0.39, 0.29) is 0 Å². The summed E-state index contributed by atoms with van der Waals surface area (Å²) in [5.74, 6) is 2.95. The molecule has 0 fully saturated rings. The molecule has 126 valence electrons. The van der Waals surface area contributed by atoms with Gasteiger partial charge in [0, 0.05) is 43.7 Å². The van der Waals surface area contributed by atoms with Crippen molar-refractivity contribution < 1.29 is 0 Å². The molecule has 0 saturated carbocycles. The van der Waals surface area contributed by atoms with Crippen LogP contribution in [0.15, 0.2) is 6.20 Å². The van der Waals surface area contributed by atoms with Crippen LogP contribution < -0.4 is 5.32 Å². The molecular formula is C17H28N6. The van der Waals surface area contributed by atoms with Crippen molar-refractivity contribution in [2.45, 2.75) is 71.5 Å². The molecule has 1 aliphatic heterocycles. The van der Waals surface area contributed by atoms with Crippen LogP contribution in [0.2, 0.25) is 0 Å². The monoisotopic (exact) mass is 316 g/mol. The number of rotatable bonds is 5. The molecule has 1 unspecified atom stereocenters. The zero-order valence-electron chi connectivity index (χ0n) is 14.9. The first-order chi connectivity index (χ1) is 10.9. The highest BCUT2D eigenvalue weighted by Crippen LogP contribution is 2.19. The molecular weight excluding hydrogens is 288 g/mol. The van der Waals surface area contributed by atoms with Gasteiger partial charge in [0.15, 0.2) is 5.82 Å². The minimum atomic E-state index is 0.392. The van der Waals surface area contributed by atoms with Crippen LogP contribution in [0.3, 0.4) is 0 Å². The predicted octanol–water partition coefficient (Wildman–Crippen LogP) is 2.36. The van der Waals surface area contributed by atoms with E-state index in [1.54, 1.807) is 0 Å². The maximum atomic E-state index is 4.65. The first-order valence-corrected chi connectivity index (χ1v) is 8.63. The normalized spacial score (nSPS) is 18.0. The van der Waals surface area contributed by atoms with Gasteiger partial charge < -0.3 is 5.32 Å². The number of nitrogens with zero attached hydrogens (tertiary/aromatic N) is 5. The highest BCUT2D eigenvalue weighted by molar-refractivity contribution is 5.20. The number of nitrogens with one attached hydrogen (secondary N) is 1. The van der Waals surface area contributed by atoms with Gasteiger partial charge in [0.05, 0.1) is 12.2 Å². The van der Waals surface area contributed by atoms with Crippen LogP contribution in [0.25, 0.3) is 0 Å². The van der Waals surface area contributed by atoms with Crippen LogP contribution in [0.1, 0.15) is 68.9 Å². The summed E-state index contributed by atoms with van der Waals surface area (Å²) in [6, 6.07) is 0.449. The van der Waals surface area contributed by atoms with Crippen molar-refractivity contribution in [3.8, 4) is 0 Å². The van der Waals surface area contributed by atoms with Crippen molar-refractivity contribution in [3.63, 3.8) is 0 Å². The molecule has 6 heteroatoms. The van der Waals surface area contributed by atoms with Crippen molar-refractivity contribution in [2.75, 3.05) is 0 Å². The minimum Gasteiger partial charge on any atom is -0.308 e. The molecule has 0 aliphatic carbocycles. The topological polar surface area (TPSA) is 60.6 Å². The summed E-state index contributed by atoms with van der Waals surface area (Å²) in [6.45, 7) is 10.5. The Labute approximate surface area is 138 Å². The summed E-state index contributed by atoms with van der Waals surface area (Å²) >= 11 is 0. The van der Waals surface area contributed by atoms with Crippen molar-refractivity contribution in [2.24, 2.45) is 7.05 Å². The number of fused-ring (bicyclic) bond motifs is 1. The average molecular weight is 316 g/mol. The fourth-order valence-electron chi connectivity index (χ4n) is 3.17. The standard InChI is InChI=1S/C17H28N6/c1-11(2)16-13(9-22(5)20-16)8-18-14-6-7-15-19-17(12(3)4)21-23(15)10-14/h9,11-12,14,18H,6-8,10H2,1-5H3. The van der Waals surface area contributed by atoms with Gasteiger partial charge in [-0.1, -0.05) is 27.7 Å². The summed E-state index contributed by atoms with van der Waals surface area (Å²) < 4.78 is 4.00. The lowest BCUT2D eigenvalue weighted by molar-refractivity contribution is 0.357. The van der Waals surface area contributed by atoms with E-state index in [9.17, 15) is 0 Å². The van der Waals surface area contributed by atoms with Gasteiger partial charge in [-0.05, 0) is 12.3 Å². The third kappa shape index (κ3) is 3.47. The molecule has 1 N–H and O–H groups in total. The Morgan fingerprint density at radius 3 is 2.70 bits per heavy atom. The molecule has 23 heavy (non-hydrogen) atoms. The van der Waals surface area contributed by atoms with Crippen LogP contribution in [-0.4, -0.2) is 30.6 Å². The fraction of sp³-hybridized carbons (Fsp3) is 0.706. The van der Waals surface area contributed by atoms with E-state index in [4.69, 9.17) is 0 Å². The Morgan fingerprint density at radius 2 is 2.00 bits per heavy atom. The zero-order chi connectivity index (χ0) is 16.6. The molecule has 2 aromatic rings. The lowest BCUT2D eigenvalue weighted by Gasteiger charge is -2.23. The van der Waals surface area contributed by atoms with Crippen molar-refractivity contribution in [1.29, 1.82) is 0 Å². The highest BCUT2D eigenvalue weighted by atomic mass is 15.4. The van der Waals surface area contributed by atoms with Gasteiger partial charge in [0.2, 0.25) is 0 Å². The molecule has 0 amide bonds. The van der Waals surface area contributed by atoms with E-state index in [0.717, 1.165) is 37.6 Å². The molecule has 1 aliphatic rings. The largest absolute Gasteiger partial charge is 0.308 e. The average Bonchev–Trinajstić information content (AvgIpc) is 3.07. The minimum absolute atomic E-state index is 0.392. The predicted molar refractivity (Wildman–Crippen MR) is 90.4 cm³/mol. The van der Waals surface area contributed by atoms with Crippen LogP contribution in [-0.2, 0) is 26.6 Å². The second-order valence-corrected chi connectivity index (χ2v) is 7.21. The van der Waals surface area contributed by atoms with Gasteiger partial charge in [-0.2, -0.15) is 10.2 Å². The van der Waals surface area contributed by atoms with Gasteiger partial charge in [0.25, 0.3) is 0 Å². The van der Waals surface area contributed by atoms with E-state index < -0.39 is 0 Å². The first kappa shape index (κ1) is 16.2. The molecule has 1 atom stereocenters. The van der Waals surface area contributed by atoms with Crippen LogP contribution >= 0.6 is 0 Å². The smallest absolute Gasteiger partial charge is 0.153 e. The summed E-state index contributed by atoms with van der Waals surface area (Å²) in [5.41, 5.74) is 2.49. The van der Waals surface area contributed by atoms with E-state index >= 15 is 0 Å². The van der Waals surface area contributed by atoms with Crippen molar-refractivity contribution >= 4 is 0 Å².